The number of carbonyl (C=O) groups is 1. The van der Waals surface area contributed by atoms with E-state index in [1.807, 2.05) is 13.8 Å². The van der Waals surface area contributed by atoms with Crippen molar-refractivity contribution in [1.29, 1.82) is 0 Å². The average Bonchev–Trinajstić information content (AvgIpc) is 3.23. The maximum atomic E-state index is 13.4. The molecule has 10 heteroatoms. The number of thioether (sulfide) groups is 1. The van der Waals surface area contributed by atoms with E-state index < -0.39 is 11.7 Å². The van der Waals surface area contributed by atoms with Crippen molar-refractivity contribution in [3.8, 4) is 11.3 Å². The smallest absolute Gasteiger partial charge is 0.368 e. The predicted octanol–water partition coefficient (Wildman–Crippen LogP) is 4.27. The first-order chi connectivity index (χ1) is 13.7. The molecule has 0 spiro atoms. The fourth-order valence-corrected chi connectivity index (χ4v) is 4.10. The predicted molar refractivity (Wildman–Crippen MR) is 105 cm³/mol. The third kappa shape index (κ3) is 3.67. The van der Waals surface area contributed by atoms with Gasteiger partial charge in [0, 0.05) is 10.5 Å². The van der Waals surface area contributed by atoms with Crippen LogP contribution in [0.3, 0.4) is 0 Å². The van der Waals surface area contributed by atoms with Crippen molar-refractivity contribution in [3.05, 3.63) is 58.8 Å². The Morgan fingerprint density at radius 2 is 2.00 bits per heavy atom. The number of allylic oxidation sites excluding steroid dienone is 1. The summed E-state index contributed by atoms with van der Waals surface area (Å²) in [5.74, 6) is -0.0907. The summed E-state index contributed by atoms with van der Waals surface area (Å²) in [7, 11) is 0. The topological polar surface area (TPSA) is 71.3 Å². The van der Waals surface area contributed by atoms with Gasteiger partial charge in [-0.2, -0.15) is 22.8 Å². The van der Waals surface area contributed by atoms with Crippen molar-refractivity contribution in [2.45, 2.75) is 25.4 Å². The number of nitrogens with one attached hydrogen (secondary N) is 2. The molecule has 1 amide bonds. The lowest BCUT2D eigenvalue weighted by Crippen LogP contribution is -2.27. The Kier molecular flexibility index (Phi) is 4.73. The van der Waals surface area contributed by atoms with Crippen molar-refractivity contribution in [2.75, 3.05) is 5.32 Å². The van der Waals surface area contributed by atoms with Gasteiger partial charge in [0.1, 0.15) is 5.70 Å². The SMILES string of the molecule is CC1=C(C(=O)Nc2cnc3ccc(-c4ccccc4C(F)(F)F)nn23)NC(C)S1. The van der Waals surface area contributed by atoms with Crippen LogP contribution in [0.15, 0.2) is 53.2 Å². The van der Waals surface area contributed by atoms with Crippen molar-refractivity contribution in [2.24, 2.45) is 0 Å². The maximum absolute atomic E-state index is 13.4. The van der Waals surface area contributed by atoms with Crippen LogP contribution in [0.5, 0.6) is 0 Å². The van der Waals surface area contributed by atoms with Gasteiger partial charge in [-0.05, 0) is 32.0 Å². The molecule has 4 rings (SSSR count). The first kappa shape index (κ1) is 19.3. The second-order valence-electron chi connectivity index (χ2n) is 6.47. The van der Waals surface area contributed by atoms with Gasteiger partial charge in [0.05, 0.1) is 22.8 Å². The zero-order chi connectivity index (χ0) is 20.8. The first-order valence-electron chi connectivity index (χ1n) is 8.71. The highest BCUT2D eigenvalue weighted by Crippen LogP contribution is 2.36. The Labute approximate surface area is 168 Å². The first-order valence-corrected chi connectivity index (χ1v) is 9.59. The molecular formula is C19H16F3N5OS. The quantitative estimate of drug-likeness (QED) is 0.664. The maximum Gasteiger partial charge on any atom is 0.417 e. The Morgan fingerprint density at radius 1 is 1.24 bits per heavy atom. The highest BCUT2D eigenvalue weighted by molar-refractivity contribution is 8.03. The monoisotopic (exact) mass is 419 g/mol. The number of alkyl halides is 3. The second-order valence-corrected chi connectivity index (χ2v) is 8.02. The minimum absolute atomic E-state index is 0.0471. The van der Waals surface area contributed by atoms with E-state index in [-0.39, 0.29) is 28.4 Å². The van der Waals surface area contributed by atoms with Crippen LogP contribution < -0.4 is 10.6 Å². The molecule has 1 aromatic carbocycles. The number of amides is 1. The molecule has 0 radical (unpaired) electrons. The van der Waals surface area contributed by atoms with E-state index in [9.17, 15) is 18.0 Å². The van der Waals surface area contributed by atoms with Crippen LogP contribution in [0.1, 0.15) is 19.4 Å². The van der Waals surface area contributed by atoms with E-state index in [2.05, 4.69) is 20.7 Å². The Balaban J connectivity index is 1.72. The molecule has 3 aromatic rings. The molecule has 1 aliphatic rings. The minimum Gasteiger partial charge on any atom is -0.368 e. The number of aromatic nitrogens is 3. The molecule has 6 nitrogen and oxygen atoms in total. The van der Waals surface area contributed by atoms with E-state index in [1.54, 1.807) is 6.07 Å². The van der Waals surface area contributed by atoms with Crippen LogP contribution in [-0.2, 0) is 11.0 Å². The van der Waals surface area contributed by atoms with Crippen molar-refractivity contribution in [3.63, 3.8) is 0 Å². The molecule has 29 heavy (non-hydrogen) atoms. The largest absolute Gasteiger partial charge is 0.417 e. The number of hydrogen-bond donors (Lipinski definition) is 2. The number of halogens is 3. The fourth-order valence-electron chi connectivity index (χ4n) is 3.12. The van der Waals surface area contributed by atoms with Gasteiger partial charge in [-0.25, -0.2) is 4.98 Å². The molecule has 3 heterocycles. The van der Waals surface area contributed by atoms with Crippen LogP contribution >= 0.6 is 11.8 Å². The Bertz CT molecular complexity index is 1140. The highest BCUT2D eigenvalue weighted by atomic mass is 32.2. The molecule has 0 saturated heterocycles. The number of rotatable bonds is 3. The number of nitrogens with zero attached hydrogens (tertiary/aromatic N) is 3. The molecule has 1 atom stereocenters. The minimum atomic E-state index is -4.51. The second kappa shape index (κ2) is 7.11. The number of hydrogen-bond acceptors (Lipinski definition) is 5. The number of fused-ring (bicyclic) bond motifs is 1. The average molecular weight is 419 g/mol. The summed E-state index contributed by atoms with van der Waals surface area (Å²) >= 11 is 1.54. The van der Waals surface area contributed by atoms with Gasteiger partial charge < -0.3 is 10.6 Å². The lowest BCUT2D eigenvalue weighted by Gasteiger charge is -2.12. The Morgan fingerprint density at radius 3 is 2.69 bits per heavy atom. The number of carbonyl (C=O) groups excluding carboxylic acids is 1. The fraction of sp³-hybridized carbons (Fsp3) is 0.211. The summed E-state index contributed by atoms with van der Waals surface area (Å²) in [5.41, 5.74) is 0.156. The van der Waals surface area contributed by atoms with Crippen LogP contribution in [0.2, 0.25) is 0 Å². The van der Waals surface area contributed by atoms with Crippen molar-refractivity contribution in [1.82, 2.24) is 19.9 Å². The van der Waals surface area contributed by atoms with Crippen molar-refractivity contribution < 1.29 is 18.0 Å². The van der Waals surface area contributed by atoms with Crippen LogP contribution in [-0.4, -0.2) is 25.9 Å². The number of imidazole rings is 1. The lowest BCUT2D eigenvalue weighted by atomic mass is 10.0. The number of benzene rings is 1. The molecule has 0 bridgehead atoms. The molecule has 1 unspecified atom stereocenters. The third-order valence-corrected chi connectivity index (χ3v) is 5.42. The summed E-state index contributed by atoms with van der Waals surface area (Å²) in [6, 6.07) is 8.26. The summed E-state index contributed by atoms with van der Waals surface area (Å²) in [4.78, 5) is 17.6. The number of anilines is 1. The molecule has 0 aliphatic carbocycles. The molecule has 1 aliphatic heterocycles. The van der Waals surface area contributed by atoms with Gasteiger partial charge in [-0.15, -0.1) is 11.8 Å². The highest BCUT2D eigenvalue weighted by Gasteiger charge is 2.33. The summed E-state index contributed by atoms with van der Waals surface area (Å²) in [5, 5.41) is 10.2. The van der Waals surface area contributed by atoms with Gasteiger partial charge >= 0.3 is 6.18 Å². The third-order valence-electron chi connectivity index (χ3n) is 4.39. The lowest BCUT2D eigenvalue weighted by molar-refractivity contribution is -0.137. The van der Waals surface area contributed by atoms with Crippen LogP contribution in [0.4, 0.5) is 19.0 Å². The van der Waals surface area contributed by atoms with Gasteiger partial charge in [0.15, 0.2) is 11.5 Å². The summed E-state index contributed by atoms with van der Waals surface area (Å²) in [6.07, 6.45) is -3.09. The van der Waals surface area contributed by atoms with Gasteiger partial charge in [0.25, 0.3) is 5.91 Å². The molecule has 2 N–H and O–H groups in total. The van der Waals surface area contributed by atoms with Gasteiger partial charge in [-0.1, -0.05) is 18.2 Å². The van der Waals surface area contributed by atoms with Gasteiger partial charge in [-0.3, -0.25) is 4.79 Å². The molecule has 2 aromatic heterocycles. The molecule has 0 saturated carbocycles. The van der Waals surface area contributed by atoms with Gasteiger partial charge in [0.2, 0.25) is 0 Å². The van der Waals surface area contributed by atoms with Crippen LogP contribution in [0, 0.1) is 0 Å². The van der Waals surface area contributed by atoms with E-state index in [1.165, 1.54) is 46.7 Å². The zero-order valence-corrected chi connectivity index (χ0v) is 16.2. The normalized spacial score (nSPS) is 16.9. The summed E-state index contributed by atoms with van der Waals surface area (Å²) < 4.78 is 41.4. The van der Waals surface area contributed by atoms with Crippen LogP contribution in [0.25, 0.3) is 16.9 Å². The summed E-state index contributed by atoms with van der Waals surface area (Å²) in [6.45, 7) is 3.78. The molecule has 150 valence electrons. The van der Waals surface area contributed by atoms with E-state index in [0.29, 0.717) is 11.3 Å². The molecular weight excluding hydrogens is 403 g/mol. The standard InChI is InChI=1S/C19H16F3N5OS/c1-10-17(24-11(2)29-10)18(28)25-16-9-23-15-8-7-14(26-27(15)16)12-5-3-4-6-13(12)19(20,21)22/h3-9,11,24H,1-2H3,(H,25,28). The van der Waals surface area contributed by atoms with E-state index in [0.717, 1.165) is 11.0 Å². The van der Waals surface area contributed by atoms with E-state index in [4.69, 9.17) is 0 Å². The molecule has 0 fully saturated rings. The Hall–Kier alpha value is -3.01. The zero-order valence-electron chi connectivity index (χ0n) is 15.4. The van der Waals surface area contributed by atoms with E-state index >= 15 is 0 Å². The van der Waals surface area contributed by atoms with Crippen molar-refractivity contribution >= 4 is 29.1 Å².